The van der Waals surface area contributed by atoms with Gasteiger partial charge in [-0.2, -0.15) is 0 Å². The molecule has 0 aliphatic heterocycles. The smallest absolute Gasteiger partial charge is 0.493 e. The van der Waals surface area contributed by atoms with Crippen LogP contribution in [-0.2, 0) is 13.0 Å². The predicted molar refractivity (Wildman–Crippen MR) is 101 cm³/mol. The second-order valence-corrected chi connectivity index (χ2v) is 6.22. The summed E-state index contributed by atoms with van der Waals surface area (Å²) < 4.78 is 50.8. The summed E-state index contributed by atoms with van der Waals surface area (Å²) in [6.07, 6.45) is -4.13. The van der Waals surface area contributed by atoms with Crippen molar-refractivity contribution in [2.75, 3.05) is 27.8 Å². The molecule has 0 radical (unpaired) electrons. The van der Waals surface area contributed by atoms with Crippen LogP contribution in [0.4, 0.5) is 18.0 Å². The molecular formula is C20H23F3N2O4. The van der Waals surface area contributed by atoms with E-state index in [2.05, 4.69) is 10.1 Å². The number of benzene rings is 2. The highest BCUT2D eigenvalue weighted by molar-refractivity contribution is 5.73. The molecule has 6 nitrogen and oxygen atoms in total. The Kier molecular flexibility index (Phi) is 7.58. The van der Waals surface area contributed by atoms with Crippen LogP contribution in [0.3, 0.4) is 0 Å². The van der Waals surface area contributed by atoms with Gasteiger partial charge in [-0.15, -0.1) is 13.2 Å². The highest BCUT2D eigenvalue weighted by Gasteiger charge is 2.30. The summed E-state index contributed by atoms with van der Waals surface area (Å²) in [7, 11) is 4.72. The number of halogens is 3. The van der Waals surface area contributed by atoms with Gasteiger partial charge in [0.15, 0.2) is 11.5 Å². The molecule has 158 valence electrons. The fourth-order valence-electron chi connectivity index (χ4n) is 2.63. The molecule has 2 amide bonds. The van der Waals surface area contributed by atoms with Crippen molar-refractivity contribution >= 4 is 6.03 Å². The van der Waals surface area contributed by atoms with E-state index in [0.717, 1.165) is 5.56 Å². The molecule has 0 saturated carbocycles. The third-order valence-electron chi connectivity index (χ3n) is 4.06. The van der Waals surface area contributed by atoms with Gasteiger partial charge < -0.3 is 24.4 Å². The van der Waals surface area contributed by atoms with Gasteiger partial charge in [0.1, 0.15) is 5.75 Å². The van der Waals surface area contributed by atoms with E-state index in [1.165, 1.54) is 29.2 Å². The fraction of sp³-hybridized carbons (Fsp3) is 0.350. The maximum Gasteiger partial charge on any atom is 0.573 e. The van der Waals surface area contributed by atoms with Crippen LogP contribution in [0.2, 0.25) is 0 Å². The number of amides is 2. The number of nitrogens with one attached hydrogen (secondary N) is 1. The van der Waals surface area contributed by atoms with Crippen molar-refractivity contribution in [3.05, 3.63) is 53.6 Å². The fourth-order valence-corrected chi connectivity index (χ4v) is 2.63. The van der Waals surface area contributed by atoms with Crippen molar-refractivity contribution in [3.63, 3.8) is 0 Å². The van der Waals surface area contributed by atoms with Crippen molar-refractivity contribution in [2.24, 2.45) is 0 Å². The van der Waals surface area contributed by atoms with E-state index >= 15 is 0 Å². The number of alkyl halides is 3. The monoisotopic (exact) mass is 412 g/mol. The number of methoxy groups -OCH3 is 2. The average Bonchev–Trinajstić information content (AvgIpc) is 2.68. The van der Waals surface area contributed by atoms with Crippen LogP contribution in [0.25, 0.3) is 0 Å². The molecule has 0 spiro atoms. The summed E-state index contributed by atoms with van der Waals surface area (Å²) >= 11 is 0. The molecular weight excluding hydrogens is 389 g/mol. The van der Waals surface area contributed by atoms with E-state index in [0.29, 0.717) is 30.0 Å². The van der Waals surface area contributed by atoms with Crippen molar-refractivity contribution in [3.8, 4) is 17.2 Å². The maximum atomic E-state index is 12.2. The van der Waals surface area contributed by atoms with Gasteiger partial charge in [0.25, 0.3) is 0 Å². The van der Waals surface area contributed by atoms with E-state index in [1.54, 1.807) is 27.3 Å². The molecule has 0 atom stereocenters. The first-order valence-electron chi connectivity index (χ1n) is 8.76. The first-order chi connectivity index (χ1) is 13.7. The topological polar surface area (TPSA) is 60.0 Å². The highest BCUT2D eigenvalue weighted by Crippen LogP contribution is 2.27. The lowest BCUT2D eigenvalue weighted by molar-refractivity contribution is -0.274. The summed E-state index contributed by atoms with van der Waals surface area (Å²) in [5.41, 5.74) is 1.66. The molecule has 0 aliphatic carbocycles. The lowest BCUT2D eigenvalue weighted by Gasteiger charge is -2.18. The Labute approximate surface area is 167 Å². The second kappa shape index (κ2) is 9.90. The van der Waals surface area contributed by atoms with E-state index in [-0.39, 0.29) is 18.3 Å². The van der Waals surface area contributed by atoms with Crippen LogP contribution in [0.5, 0.6) is 17.2 Å². The Morgan fingerprint density at radius 1 is 1.00 bits per heavy atom. The zero-order chi connectivity index (χ0) is 21.4. The van der Waals surface area contributed by atoms with Crippen molar-refractivity contribution in [1.82, 2.24) is 10.2 Å². The minimum Gasteiger partial charge on any atom is -0.493 e. The summed E-state index contributed by atoms with van der Waals surface area (Å²) in [4.78, 5) is 13.7. The van der Waals surface area contributed by atoms with Crippen molar-refractivity contribution in [2.45, 2.75) is 19.3 Å². The van der Waals surface area contributed by atoms with Gasteiger partial charge in [-0.3, -0.25) is 0 Å². The summed E-state index contributed by atoms with van der Waals surface area (Å²) in [5.74, 6) is 0.946. The molecule has 9 heteroatoms. The molecule has 0 heterocycles. The molecule has 0 aliphatic rings. The largest absolute Gasteiger partial charge is 0.573 e. The Bertz CT molecular complexity index is 810. The molecule has 29 heavy (non-hydrogen) atoms. The molecule has 0 aromatic heterocycles. The third-order valence-corrected chi connectivity index (χ3v) is 4.06. The van der Waals surface area contributed by atoms with Crippen LogP contribution < -0.4 is 19.5 Å². The van der Waals surface area contributed by atoms with Gasteiger partial charge in [-0.1, -0.05) is 18.2 Å². The Balaban J connectivity index is 1.82. The number of hydrogen-bond donors (Lipinski definition) is 1. The Hall–Kier alpha value is -3.10. The quantitative estimate of drug-likeness (QED) is 0.713. The van der Waals surface area contributed by atoms with Crippen molar-refractivity contribution < 1.29 is 32.2 Å². The molecule has 0 fully saturated rings. The van der Waals surface area contributed by atoms with Crippen LogP contribution in [-0.4, -0.2) is 45.1 Å². The van der Waals surface area contributed by atoms with Gasteiger partial charge in [-0.25, -0.2) is 4.79 Å². The first kappa shape index (κ1) is 22.2. The number of nitrogens with zero attached hydrogens (tertiary/aromatic N) is 1. The number of urea groups is 1. The Morgan fingerprint density at radius 3 is 2.21 bits per heavy atom. The van der Waals surface area contributed by atoms with Crippen LogP contribution in [0, 0.1) is 0 Å². The summed E-state index contributed by atoms with van der Waals surface area (Å²) in [5, 5.41) is 2.80. The number of rotatable bonds is 8. The van der Waals surface area contributed by atoms with E-state index < -0.39 is 6.36 Å². The zero-order valence-electron chi connectivity index (χ0n) is 16.4. The van der Waals surface area contributed by atoms with Crippen LogP contribution in [0.1, 0.15) is 11.1 Å². The van der Waals surface area contributed by atoms with Crippen LogP contribution >= 0.6 is 0 Å². The maximum absolute atomic E-state index is 12.2. The standard InChI is InChI=1S/C20H23F3N2O4/c1-25(13-15-4-7-16(8-5-15)29-20(21,22)23)19(26)24-11-10-14-6-9-17(27-2)18(12-14)28-3/h4-9,12H,10-11,13H2,1-3H3,(H,24,26). The zero-order valence-corrected chi connectivity index (χ0v) is 16.4. The minimum absolute atomic E-state index is 0.245. The molecule has 2 aromatic rings. The molecule has 0 bridgehead atoms. The van der Waals surface area contributed by atoms with Gasteiger partial charge in [-0.05, 0) is 41.8 Å². The normalized spacial score (nSPS) is 11.0. The van der Waals surface area contributed by atoms with E-state index in [9.17, 15) is 18.0 Å². The SMILES string of the molecule is COc1ccc(CCNC(=O)N(C)Cc2ccc(OC(F)(F)F)cc2)cc1OC. The number of carbonyl (C=O) groups excluding carboxylic acids is 1. The van der Waals surface area contributed by atoms with E-state index in [4.69, 9.17) is 9.47 Å². The molecule has 2 rings (SSSR count). The number of ether oxygens (including phenoxy) is 3. The lowest BCUT2D eigenvalue weighted by atomic mass is 10.1. The second-order valence-electron chi connectivity index (χ2n) is 6.22. The Morgan fingerprint density at radius 2 is 1.62 bits per heavy atom. The van der Waals surface area contributed by atoms with Gasteiger partial charge in [0.2, 0.25) is 0 Å². The summed E-state index contributed by atoms with van der Waals surface area (Å²) in [6, 6.07) is 10.6. The van der Waals surface area contributed by atoms with Gasteiger partial charge in [0.05, 0.1) is 14.2 Å². The number of hydrogen-bond acceptors (Lipinski definition) is 4. The highest BCUT2D eigenvalue weighted by atomic mass is 19.4. The summed E-state index contributed by atoms with van der Waals surface area (Å²) in [6.45, 7) is 0.658. The van der Waals surface area contributed by atoms with Crippen LogP contribution in [0.15, 0.2) is 42.5 Å². The van der Waals surface area contributed by atoms with Gasteiger partial charge >= 0.3 is 12.4 Å². The average molecular weight is 412 g/mol. The predicted octanol–water partition coefficient (Wildman–Crippen LogP) is 3.99. The molecule has 2 aromatic carbocycles. The molecule has 0 unspecified atom stereocenters. The first-order valence-corrected chi connectivity index (χ1v) is 8.76. The lowest BCUT2D eigenvalue weighted by Crippen LogP contribution is -2.37. The molecule has 0 saturated heterocycles. The third kappa shape index (κ3) is 7.10. The van der Waals surface area contributed by atoms with E-state index in [1.807, 2.05) is 12.1 Å². The minimum atomic E-state index is -4.73. The molecule has 1 N–H and O–H groups in total. The number of carbonyl (C=O) groups is 1. The van der Waals surface area contributed by atoms with Crippen molar-refractivity contribution in [1.29, 1.82) is 0 Å². The van der Waals surface area contributed by atoms with Gasteiger partial charge in [0, 0.05) is 20.1 Å².